The second-order valence-electron chi connectivity index (χ2n) is 6.73. The van der Waals surface area contributed by atoms with Gasteiger partial charge in [-0.2, -0.15) is 9.29 Å². The summed E-state index contributed by atoms with van der Waals surface area (Å²) in [6, 6.07) is 8.95. The van der Waals surface area contributed by atoms with Crippen LogP contribution in [-0.4, -0.2) is 52.0 Å². The van der Waals surface area contributed by atoms with Gasteiger partial charge in [0, 0.05) is 31.0 Å². The number of benzene rings is 1. The highest BCUT2D eigenvalue weighted by Crippen LogP contribution is 2.30. The average Bonchev–Trinajstić information content (AvgIpc) is 3.25. The summed E-state index contributed by atoms with van der Waals surface area (Å²) in [7, 11) is -3.83. The molecule has 1 aliphatic rings. The second-order valence-corrected chi connectivity index (χ2v) is 8.67. The first kappa shape index (κ1) is 19.2. The Bertz CT molecular complexity index is 1130. The van der Waals surface area contributed by atoms with Gasteiger partial charge in [0.1, 0.15) is 0 Å². The first-order valence-electron chi connectivity index (χ1n) is 9.02. The lowest BCUT2D eigenvalue weighted by Gasteiger charge is -2.30. The van der Waals surface area contributed by atoms with E-state index in [9.17, 15) is 13.2 Å². The third-order valence-corrected chi connectivity index (χ3v) is 6.67. The molecule has 4 rings (SSSR count). The van der Waals surface area contributed by atoms with Crippen molar-refractivity contribution in [3.63, 3.8) is 0 Å². The standard InChI is InChI=1S/C19H18N4O5S/c24-19(25)13-4-1-7-16(10-13)29(26,27)23-9-3-6-15(12-23)18-21-17(22-28-18)14-5-2-8-20-11-14/h1-2,4-5,7-8,10-11,15H,3,6,9,12H2,(H,24,25). The van der Waals surface area contributed by atoms with Crippen molar-refractivity contribution in [2.24, 2.45) is 0 Å². The van der Waals surface area contributed by atoms with Crippen molar-refractivity contribution in [1.29, 1.82) is 0 Å². The minimum atomic E-state index is -3.83. The quantitative estimate of drug-likeness (QED) is 0.674. The zero-order valence-corrected chi connectivity index (χ0v) is 16.1. The monoisotopic (exact) mass is 414 g/mol. The summed E-state index contributed by atoms with van der Waals surface area (Å²) in [6.07, 6.45) is 4.62. The van der Waals surface area contributed by atoms with Crippen LogP contribution in [0.3, 0.4) is 0 Å². The van der Waals surface area contributed by atoms with Crippen LogP contribution in [0, 0.1) is 0 Å². The van der Waals surface area contributed by atoms with E-state index in [1.54, 1.807) is 18.5 Å². The molecule has 9 nitrogen and oxygen atoms in total. The van der Waals surface area contributed by atoms with Gasteiger partial charge in [-0.25, -0.2) is 13.2 Å². The summed E-state index contributed by atoms with van der Waals surface area (Å²) in [6.45, 7) is 0.536. The van der Waals surface area contributed by atoms with Gasteiger partial charge in [0.2, 0.25) is 21.7 Å². The molecule has 1 unspecified atom stereocenters. The molecule has 1 fully saturated rings. The smallest absolute Gasteiger partial charge is 0.335 e. The molecule has 0 aliphatic carbocycles. The normalized spacial score (nSPS) is 17.9. The molecule has 1 aromatic carbocycles. The lowest BCUT2D eigenvalue weighted by atomic mass is 10.00. The Morgan fingerprint density at radius 2 is 2.10 bits per heavy atom. The molecule has 1 atom stereocenters. The number of pyridine rings is 1. The molecule has 0 radical (unpaired) electrons. The molecule has 0 amide bonds. The van der Waals surface area contributed by atoms with Crippen molar-refractivity contribution < 1.29 is 22.8 Å². The maximum absolute atomic E-state index is 13.0. The van der Waals surface area contributed by atoms with E-state index in [4.69, 9.17) is 9.63 Å². The molecule has 0 saturated carbocycles. The molecule has 2 aromatic heterocycles. The van der Waals surface area contributed by atoms with Crippen molar-refractivity contribution in [3.05, 3.63) is 60.2 Å². The van der Waals surface area contributed by atoms with Gasteiger partial charge in [0.05, 0.1) is 16.4 Å². The Hall–Kier alpha value is -3.11. The molecule has 29 heavy (non-hydrogen) atoms. The van der Waals surface area contributed by atoms with Crippen LogP contribution < -0.4 is 0 Å². The summed E-state index contributed by atoms with van der Waals surface area (Å²) in [5.74, 6) is -0.628. The fourth-order valence-electron chi connectivity index (χ4n) is 3.31. The second kappa shape index (κ2) is 7.72. The fraction of sp³-hybridized carbons (Fsp3) is 0.263. The maximum atomic E-state index is 13.0. The summed E-state index contributed by atoms with van der Waals surface area (Å²) in [4.78, 5) is 19.6. The van der Waals surface area contributed by atoms with Crippen LogP contribution >= 0.6 is 0 Å². The SMILES string of the molecule is O=C(O)c1cccc(S(=O)(=O)N2CCCC(c3nc(-c4cccnc4)no3)C2)c1. The molecule has 0 spiro atoms. The zero-order chi connectivity index (χ0) is 20.4. The number of nitrogens with zero attached hydrogens (tertiary/aromatic N) is 4. The number of piperidine rings is 1. The van der Waals surface area contributed by atoms with E-state index in [1.807, 2.05) is 6.07 Å². The van der Waals surface area contributed by atoms with Crippen molar-refractivity contribution in [2.45, 2.75) is 23.7 Å². The van der Waals surface area contributed by atoms with E-state index in [0.29, 0.717) is 30.2 Å². The number of carboxylic acid groups (broad SMARTS) is 1. The first-order chi connectivity index (χ1) is 13.9. The summed E-state index contributed by atoms with van der Waals surface area (Å²) in [5.41, 5.74) is 0.644. The topological polar surface area (TPSA) is 126 Å². The number of carboxylic acids is 1. The van der Waals surface area contributed by atoms with Crippen LogP contribution in [0.1, 0.15) is 35.0 Å². The number of carbonyl (C=O) groups is 1. The Kier molecular flexibility index (Phi) is 5.12. The Morgan fingerprint density at radius 1 is 1.24 bits per heavy atom. The van der Waals surface area contributed by atoms with Crippen LogP contribution in [0.25, 0.3) is 11.4 Å². The van der Waals surface area contributed by atoms with Crippen LogP contribution in [-0.2, 0) is 10.0 Å². The van der Waals surface area contributed by atoms with Crippen LogP contribution in [0.2, 0.25) is 0 Å². The number of aromatic nitrogens is 3. The maximum Gasteiger partial charge on any atom is 0.335 e. The zero-order valence-electron chi connectivity index (χ0n) is 15.3. The van der Waals surface area contributed by atoms with Gasteiger partial charge < -0.3 is 9.63 Å². The predicted octanol–water partition coefficient (Wildman–Crippen LogP) is 2.40. The minimum absolute atomic E-state index is 0.0420. The molecule has 3 heterocycles. The largest absolute Gasteiger partial charge is 0.478 e. The van der Waals surface area contributed by atoms with E-state index in [0.717, 1.165) is 6.42 Å². The van der Waals surface area contributed by atoms with Crippen molar-refractivity contribution in [3.8, 4) is 11.4 Å². The van der Waals surface area contributed by atoms with Crippen LogP contribution in [0.4, 0.5) is 0 Å². The summed E-state index contributed by atoms with van der Waals surface area (Å²) < 4.78 is 32.8. The number of hydrogen-bond donors (Lipinski definition) is 1. The molecule has 10 heteroatoms. The van der Waals surface area contributed by atoms with Gasteiger partial charge in [-0.05, 0) is 43.2 Å². The van der Waals surface area contributed by atoms with E-state index >= 15 is 0 Å². The molecule has 1 N–H and O–H groups in total. The van der Waals surface area contributed by atoms with Crippen LogP contribution in [0.5, 0.6) is 0 Å². The molecular weight excluding hydrogens is 396 g/mol. The minimum Gasteiger partial charge on any atom is -0.478 e. The predicted molar refractivity (Wildman–Crippen MR) is 102 cm³/mol. The molecule has 0 bridgehead atoms. The number of sulfonamides is 1. The van der Waals surface area contributed by atoms with Gasteiger partial charge in [-0.1, -0.05) is 11.2 Å². The van der Waals surface area contributed by atoms with Gasteiger partial charge in [-0.15, -0.1) is 0 Å². The number of rotatable bonds is 5. The highest BCUT2D eigenvalue weighted by Gasteiger charge is 2.33. The van der Waals surface area contributed by atoms with Gasteiger partial charge in [-0.3, -0.25) is 4.98 Å². The molecule has 3 aromatic rings. The average molecular weight is 414 g/mol. The van der Waals surface area contributed by atoms with E-state index in [2.05, 4.69) is 15.1 Å². The Labute approximate surface area is 167 Å². The van der Waals surface area contributed by atoms with Crippen molar-refractivity contribution >= 4 is 16.0 Å². The summed E-state index contributed by atoms with van der Waals surface area (Å²) >= 11 is 0. The van der Waals surface area contributed by atoms with Crippen molar-refractivity contribution in [2.75, 3.05) is 13.1 Å². The molecule has 1 saturated heterocycles. The van der Waals surface area contributed by atoms with E-state index < -0.39 is 16.0 Å². The molecular formula is C19H18N4O5S. The van der Waals surface area contributed by atoms with E-state index in [1.165, 1.54) is 28.6 Å². The Morgan fingerprint density at radius 3 is 2.86 bits per heavy atom. The van der Waals surface area contributed by atoms with Gasteiger partial charge >= 0.3 is 5.97 Å². The van der Waals surface area contributed by atoms with Gasteiger partial charge in [0.25, 0.3) is 0 Å². The lowest BCUT2D eigenvalue weighted by Crippen LogP contribution is -2.39. The van der Waals surface area contributed by atoms with E-state index in [-0.39, 0.29) is 22.9 Å². The first-order valence-corrected chi connectivity index (χ1v) is 10.5. The number of aromatic carboxylic acids is 1. The molecule has 150 valence electrons. The highest BCUT2D eigenvalue weighted by atomic mass is 32.2. The fourth-order valence-corrected chi connectivity index (χ4v) is 4.88. The van der Waals surface area contributed by atoms with Gasteiger partial charge in [0.15, 0.2) is 0 Å². The lowest BCUT2D eigenvalue weighted by molar-refractivity contribution is 0.0696. The highest BCUT2D eigenvalue weighted by molar-refractivity contribution is 7.89. The third-order valence-electron chi connectivity index (χ3n) is 4.81. The molecule has 1 aliphatic heterocycles. The van der Waals surface area contributed by atoms with Crippen molar-refractivity contribution in [1.82, 2.24) is 19.4 Å². The summed E-state index contributed by atoms with van der Waals surface area (Å²) in [5, 5.41) is 13.1. The number of hydrogen-bond acceptors (Lipinski definition) is 7. The van der Waals surface area contributed by atoms with Crippen LogP contribution in [0.15, 0.2) is 58.2 Å². The Balaban J connectivity index is 1.56. The third kappa shape index (κ3) is 3.89.